The first kappa shape index (κ1) is 21.8. The smallest absolute Gasteiger partial charge is 0.318 e. The van der Waals surface area contributed by atoms with Gasteiger partial charge in [0.2, 0.25) is 5.91 Å². The maximum absolute atomic E-state index is 13.3. The van der Waals surface area contributed by atoms with Crippen molar-refractivity contribution in [1.82, 2.24) is 14.9 Å². The molecule has 0 aromatic carbocycles. The van der Waals surface area contributed by atoms with Gasteiger partial charge in [-0.3, -0.25) is 19.5 Å². The van der Waals surface area contributed by atoms with Crippen LogP contribution >= 0.6 is 23.1 Å². The molecule has 1 aliphatic heterocycles. The van der Waals surface area contributed by atoms with Gasteiger partial charge in [-0.25, -0.2) is 9.78 Å². The predicted octanol–water partition coefficient (Wildman–Crippen LogP) is 2.58. The summed E-state index contributed by atoms with van der Waals surface area (Å²) in [5.41, 5.74) is 6.01. The second-order valence-corrected chi connectivity index (χ2v) is 9.25. The van der Waals surface area contributed by atoms with Gasteiger partial charge in [0.05, 0.1) is 18.0 Å². The van der Waals surface area contributed by atoms with Gasteiger partial charge in [-0.15, -0.1) is 11.3 Å². The van der Waals surface area contributed by atoms with E-state index in [1.54, 1.807) is 15.9 Å². The van der Waals surface area contributed by atoms with Crippen molar-refractivity contribution in [2.45, 2.75) is 63.8 Å². The molecule has 3 N–H and O–H groups in total. The monoisotopic (exact) mass is 438 g/mol. The molecular formula is C19H26N4O4S2. The van der Waals surface area contributed by atoms with Crippen molar-refractivity contribution < 1.29 is 14.3 Å². The molecule has 0 bridgehead atoms. The van der Waals surface area contributed by atoms with Crippen molar-refractivity contribution >= 4 is 45.3 Å². The van der Waals surface area contributed by atoms with E-state index < -0.39 is 11.9 Å². The van der Waals surface area contributed by atoms with Gasteiger partial charge in [0.25, 0.3) is 5.56 Å². The SMILES string of the molecule is CCc1c(C)sc2nc(SCCCC(=O)NC(N)=O)n(CC3CCCO3)c(=O)c12. The minimum atomic E-state index is -0.847. The number of primary amides is 1. The summed E-state index contributed by atoms with van der Waals surface area (Å²) >= 11 is 3.00. The van der Waals surface area contributed by atoms with Crippen LogP contribution in [-0.4, -0.2) is 40.0 Å². The third kappa shape index (κ3) is 5.18. The summed E-state index contributed by atoms with van der Waals surface area (Å²) < 4.78 is 7.48. The zero-order valence-corrected chi connectivity index (χ0v) is 18.3. The Balaban J connectivity index is 1.83. The number of amides is 3. The number of thiophene rings is 1. The molecule has 1 aliphatic rings. The van der Waals surface area contributed by atoms with E-state index in [0.717, 1.165) is 46.5 Å². The van der Waals surface area contributed by atoms with Crippen molar-refractivity contribution in [2.24, 2.45) is 5.73 Å². The Hall–Kier alpha value is -1.91. The summed E-state index contributed by atoms with van der Waals surface area (Å²) in [4.78, 5) is 42.3. The molecule has 3 amide bonds. The van der Waals surface area contributed by atoms with Crippen molar-refractivity contribution in [1.29, 1.82) is 0 Å². The molecule has 29 heavy (non-hydrogen) atoms. The van der Waals surface area contributed by atoms with Gasteiger partial charge in [-0.05, 0) is 38.2 Å². The van der Waals surface area contributed by atoms with Crippen LogP contribution < -0.4 is 16.6 Å². The lowest BCUT2D eigenvalue weighted by Crippen LogP contribution is -2.34. The third-order valence-corrected chi connectivity index (χ3v) is 6.99. The van der Waals surface area contributed by atoms with E-state index >= 15 is 0 Å². The number of aromatic nitrogens is 2. The number of imide groups is 1. The summed E-state index contributed by atoms with van der Waals surface area (Å²) in [5, 5.41) is 3.43. The molecule has 2 aromatic heterocycles. The van der Waals surface area contributed by atoms with Crippen LogP contribution in [0.1, 0.15) is 43.0 Å². The van der Waals surface area contributed by atoms with E-state index in [1.165, 1.54) is 11.8 Å². The van der Waals surface area contributed by atoms with Gasteiger partial charge >= 0.3 is 6.03 Å². The average molecular weight is 439 g/mol. The molecule has 1 unspecified atom stereocenters. The van der Waals surface area contributed by atoms with E-state index in [0.29, 0.717) is 23.9 Å². The number of nitrogens with zero attached hydrogens (tertiary/aromatic N) is 2. The lowest BCUT2D eigenvalue weighted by Gasteiger charge is -2.16. The van der Waals surface area contributed by atoms with Crippen LogP contribution in [0.4, 0.5) is 4.79 Å². The fourth-order valence-corrected chi connectivity index (χ4v) is 5.62. The predicted molar refractivity (Wildman–Crippen MR) is 115 cm³/mol. The maximum Gasteiger partial charge on any atom is 0.318 e. The number of aryl methyl sites for hydroxylation is 2. The lowest BCUT2D eigenvalue weighted by molar-refractivity contribution is -0.119. The number of hydrogen-bond donors (Lipinski definition) is 2. The molecule has 0 aliphatic carbocycles. The van der Waals surface area contributed by atoms with E-state index in [4.69, 9.17) is 15.5 Å². The molecule has 0 saturated carbocycles. The van der Waals surface area contributed by atoms with Crippen LogP contribution in [0, 0.1) is 6.92 Å². The van der Waals surface area contributed by atoms with E-state index in [2.05, 4.69) is 12.2 Å². The number of carbonyl (C=O) groups excluding carboxylic acids is 2. The van der Waals surface area contributed by atoms with Crippen molar-refractivity contribution in [3.05, 3.63) is 20.8 Å². The largest absolute Gasteiger partial charge is 0.376 e. The Labute approximate surface area is 177 Å². The molecule has 3 rings (SSSR count). The second kappa shape index (κ2) is 9.73. The second-order valence-electron chi connectivity index (χ2n) is 6.98. The van der Waals surface area contributed by atoms with E-state index in [9.17, 15) is 14.4 Å². The van der Waals surface area contributed by atoms with Crippen LogP contribution in [0.15, 0.2) is 9.95 Å². The Morgan fingerprint density at radius 3 is 2.90 bits per heavy atom. The fraction of sp³-hybridized carbons (Fsp3) is 0.579. The molecule has 8 nitrogen and oxygen atoms in total. The fourth-order valence-electron chi connectivity index (χ4n) is 3.52. The zero-order valence-electron chi connectivity index (χ0n) is 16.7. The average Bonchev–Trinajstić information content (AvgIpc) is 3.27. The van der Waals surface area contributed by atoms with E-state index in [-0.39, 0.29) is 18.1 Å². The van der Waals surface area contributed by atoms with Gasteiger partial charge in [0.15, 0.2) is 5.16 Å². The topological polar surface area (TPSA) is 116 Å². The quantitative estimate of drug-likeness (QED) is 0.372. The van der Waals surface area contributed by atoms with Crippen LogP contribution in [-0.2, 0) is 22.5 Å². The number of thioether (sulfide) groups is 1. The molecular weight excluding hydrogens is 412 g/mol. The molecule has 3 heterocycles. The number of carbonyl (C=O) groups is 2. The van der Waals surface area contributed by atoms with Crippen molar-refractivity contribution in [3.63, 3.8) is 0 Å². The van der Waals surface area contributed by atoms with Crippen LogP contribution in [0.5, 0.6) is 0 Å². The normalized spacial score (nSPS) is 16.4. The standard InChI is InChI=1S/C19H26N4O4S2/c1-3-13-11(2)29-16-15(13)17(25)23(10-12-6-4-8-27-12)19(22-16)28-9-5-7-14(24)21-18(20)26/h12H,3-10H2,1-2H3,(H3,20,21,24,26). The summed E-state index contributed by atoms with van der Waals surface area (Å²) in [6, 6.07) is -0.847. The van der Waals surface area contributed by atoms with Crippen LogP contribution in [0.3, 0.4) is 0 Å². The zero-order chi connectivity index (χ0) is 21.0. The molecule has 0 spiro atoms. The summed E-state index contributed by atoms with van der Waals surface area (Å²) in [5.74, 6) is 0.195. The number of nitrogens with one attached hydrogen (secondary N) is 1. The number of fused-ring (bicyclic) bond motifs is 1. The highest BCUT2D eigenvalue weighted by Gasteiger charge is 2.22. The number of nitrogens with two attached hydrogens (primary N) is 1. The molecule has 2 aromatic rings. The molecule has 10 heteroatoms. The molecule has 1 saturated heterocycles. The number of rotatable bonds is 8. The Morgan fingerprint density at radius 2 is 2.24 bits per heavy atom. The van der Waals surface area contributed by atoms with Gasteiger partial charge in [0.1, 0.15) is 4.83 Å². The Kier molecular flexibility index (Phi) is 7.31. The highest BCUT2D eigenvalue weighted by molar-refractivity contribution is 7.99. The van der Waals surface area contributed by atoms with Crippen molar-refractivity contribution in [2.75, 3.05) is 12.4 Å². The van der Waals surface area contributed by atoms with Gasteiger partial charge in [-0.1, -0.05) is 18.7 Å². The van der Waals surface area contributed by atoms with E-state index in [1.807, 2.05) is 6.92 Å². The van der Waals surface area contributed by atoms with Gasteiger partial charge in [-0.2, -0.15) is 0 Å². The first-order valence-corrected chi connectivity index (χ1v) is 11.6. The summed E-state index contributed by atoms with van der Waals surface area (Å²) in [6.07, 6.45) is 3.49. The van der Waals surface area contributed by atoms with Gasteiger partial charge < -0.3 is 10.5 Å². The highest BCUT2D eigenvalue weighted by Crippen LogP contribution is 2.30. The first-order valence-electron chi connectivity index (χ1n) is 9.77. The maximum atomic E-state index is 13.3. The number of ether oxygens (including phenoxy) is 1. The van der Waals surface area contributed by atoms with Crippen molar-refractivity contribution in [3.8, 4) is 0 Å². The lowest BCUT2D eigenvalue weighted by atomic mass is 10.1. The number of hydrogen-bond acceptors (Lipinski definition) is 7. The first-order chi connectivity index (χ1) is 13.9. The van der Waals surface area contributed by atoms with Crippen LogP contribution in [0.25, 0.3) is 10.2 Å². The third-order valence-electron chi connectivity index (χ3n) is 4.88. The summed E-state index contributed by atoms with van der Waals surface area (Å²) in [6.45, 7) is 5.30. The summed E-state index contributed by atoms with van der Waals surface area (Å²) in [7, 11) is 0. The highest BCUT2D eigenvalue weighted by atomic mass is 32.2. The van der Waals surface area contributed by atoms with Crippen LogP contribution in [0.2, 0.25) is 0 Å². The Bertz CT molecular complexity index is 963. The molecule has 1 atom stereocenters. The molecule has 1 fully saturated rings. The molecule has 158 valence electrons. The molecule has 0 radical (unpaired) electrons. The van der Waals surface area contributed by atoms with Gasteiger partial charge in [0, 0.05) is 23.7 Å². The Morgan fingerprint density at radius 1 is 1.45 bits per heavy atom. The number of urea groups is 1. The minimum absolute atomic E-state index is 0.0133. The minimum Gasteiger partial charge on any atom is -0.376 e.